The molecule has 0 aromatic carbocycles. The average Bonchev–Trinajstić information content (AvgIpc) is 3.88. The SMILES string of the molecule is C=Cc1c2[nH]c(c1C)/C=C1\N/C(=C3\c4[nH]c(c(C)c4C(=O)[C@@H]3C(=O)OCN)/C=c3\[nH]/c(c(C)c3CC)=C\2)[C@@H](CCC(=O)OC/C=C(/C)CCCC(C)C)[C@@H]1C. The van der Waals surface area contributed by atoms with Crippen molar-refractivity contribution in [1.82, 2.24) is 20.3 Å². The molecule has 0 amide bonds. The first kappa shape index (κ1) is 39.6. The zero-order chi connectivity index (χ0) is 39.7. The van der Waals surface area contributed by atoms with Crippen molar-refractivity contribution in [3.63, 3.8) is 0 Å². The van der Waals surface area contributed by atoms with E-state index in [0.29, 0.717) is 34.9 Å². The Hall–Kier alpha value is -5.09. The minimum Gasteiger partial charge on any atom is -0.461 e. The van der Waals surface area contributed by atoms with Crippen molar-refractivity contribution < 1.29 is 23.9 Å². The van der Waals surface area contributed by atoms with E-state index in [1.807, 2.05) is 19.1 Å². The molecular weight excluding hydrogens is 691 g/mol. The number of nitrogens with two attached hydrogens (primary N) is 1. The molecule has 6 rings (SSSR count). The van der Waals surface area contributed by atoms with E-state index < -0.39 is 11.9 Å². The monoisotopic (exact) mass is 747 g/mol. The van der Waals surface area contributed by atoms with Crippen molar-refractivity contribution in [1.29, 1.82) is 0 Å². The summed E-state index contributed by atoms with van der Waals surface area (Å²) in [5.41, 5.74) is 17.8. The quantitative estimate of drug-likeness (QED) is 0.0561. The molecule has 2 aliphatic heterocycles. The Bertz CT molecular complexity index is 2250. The first-order valence-electron chi connectivity index (χ1n) is 19.7. The van der Waals surface area contributed by atoms with Gasteiger partial charge in [-0.05, 0) is 106 Å². The molecule has 8 bridgehead atoms. The minimum absolute atomic E-state index is 0.108. The summed E-state index contributed by atoms with van der Waals surface area (Å²) in [7, 11) is 0. The lowest BCUT2D eigenvalue weighted by atomic mass is 9.85. The molecule has 0 radical (unpaired) electrons. The van der Waals surface area contributed by atoms with E-state index in [1.54, 1.807) is 0 Å². The van der Waals surface area contributed by atoms with Gasteiger partial charge < -0.3 is 29.7 Å². The first-order valence-corrected chi connectivity index (χ1v) is 19.7. The number of carbonyl (C=O) groups excluding carboxylic acids is 3. The van der Waals surface area contributed by atoms with Crippen molar-refractivity contribution in [2.45, 2.75) is 93.9 Å². The number of ketones is 1. The molecule has 10 nitrogen and oxygen atoms in total. The highest BCUT2D eigenvalue weighted by Crippen LogP contribution is 2.48. The Labute approximate surface area is 324 Å². The lowest BCUT2D eigenvalue weighted by molar-refractivity contribution is -0.145. The van der Waals surface area contributed by atoms with Gasteiger partial charge >= 0.3 is 11.9 Å². The van der Waals surface area contributed by atoms with Gasteiger partial charge in [-0.15, -0.1) is 0 Å². The number of hydrogen-bond acceptors (Lipinski definition) is 7. The van der Waals surface area contributed by atoms with E-state index in [2.05, 4.69) is 93.5 Å². The number of carbonyl (C=O) groups is 3. The number of hydrogen-bond donors (Lipinski definition) is 5. The molecule has 55 heavy (non-hydrogen) atoms. The third-order valence-electron chi connectivity index (χ3n) is 11.8. The van der Waals surface area contributed by atoms with Crippen LogP contribution in [0.3, 0.4) is 0 Å². The molecule has 1 saturated heterocycles. The maximum absolute atomic E-state index is 14.4. The second-order valence-electron chi connectivity index (χ2n) is 15.7. The first-order chi connectivity index (χ1) is 26.3. The van der Waals surface area contributed by atoms with Crippen LogP contribution in [-0.4, -0.2) is 46.0 Å². The number of rotatable bonds is 13. The molecule has 3 atom stereocenters. The number of ether oxygens (including phenoxy) is 2. The van der Waals surface area contributed by atoms with E-state index in [9.17, 15) is 14.4 Å². The van der Waals surface area contributed by atoms with Gasteiger partial charge in [-0.2, -0.15) is 0 Å². The van der Waals surface area contributed by atoms with Crippen LogP contribution >= 0.6 is 0 Å². The summed E-state index contributed by atoms with van der Waals surface area (Å²) in [5.74, 6) is -2.24. The third-order valence-corrected chi connectivity index (χ3v) is 11.8. The third kappa shape index (κ3) is 7.61. The van der Waals surface area contributed by atoms with Gasteiger partial charge in [-0.1, -0.05) is 52.3 Å². The van der Waals surface area contributed by atoms with Crippen molar-refractivity contribution in [2.75, 3.05) is 13.3 Å². The second kappa shape index (κ2) is 16.3. The van der Waals surface area contributed by atoms with E-state index in [4.69, 9.17) is 15.2 Å². The Morgan fingerprint density at radius 2 is 1.69 bits per heavy atom. The smallest absolute Gasteiger partial charge is 0.322 e. The molecule has 3 aromatic heterocycles. The lowest BCUT2D eigenvalue weighted by Gasteiger charge is -2.20. The summed E-state index contributed by atoms with van der Waals surface area (Å²) in [6.45, 7) is 20.9. The number of aromatic amines is 3. The molecule has 292 valence electrons. The fourth-order valence-corrected chi connectivity index (χ4v) is 8.56. The fourth-order valence-electron chi connectivity index (χ4n) is 8.56. The van der Waals surface area contributed by atoms with Crippen molar-refractivity contribution >= 4 is 47.6 Å². The molecule has 3 aromatic rings. The summed E-state index contributed by atoms with van der Waals surface area (Å²) in [6.07, 6.45) is 14.8. The minimum atomic E-state index is -1.21. The predicted molar refractivity (Wildman–Crippen MR) is 219 cm³/mol. The normalized spacial score (nSPS) is 22.4. The van der Waals surface area contributed by atoms with Crippen LogP contribution in [0.2, 0.25) is 0 Å². The Balaban J connectivity index is 1.48. The molecule has 3 aliphatic rings. The van der Waals surface area contributed by atoms with Crippen LogP contribution in [-0.2, 0) is 25.5 Å². The fraction of sp³-hybridized carbons (Fsp3) is 0.444. The van der Waals surface area contributed by atoms with Crippen LogP contribution in [0.25, 0.3) is 29.9 Å². The van der Waals surface area contributed by atoms with Gasteiger partial charge in [0.2, 0.25) is 0 Å². The molecule has 6 N–H and O–H groups in total. The molecule has 0 saturated carbocycles. The summed E-state index contributed by atoms with van der Waals surface area (Å²) in [5, 5.41) is 5.59. The highest BCUT2D eigenvalue weighted by atomic mass is 16.5. The van der Waals surface area contributed by atoms with Crippen LogP contribution in [0.4, 0.5) is 0 Å². The van der Waals surface area contributed by atoms with Crippen LogP contribution < -0.4 is 21.7 Å². The van der Waals surface area contributed by atoms with Gasteiger partial charge in [0, 0.05) is 74.1 Å². The number of aromatic nitrogens is 3. The highest BCUT2D eigenvalue weighted by Gasteiger charge is 2.48. The zero-order valence-electron chi connectivity index (χ0n) is 33.7. The van der Waals surface area contributed by atoms with E-state index >= 15 is 0 Å². The summed E-state index contributed by atoms with van der Waals surface area (Å²) in [4.78, 5) is 52.1. The molecule has 0 unspecified atom stereocenters. The van der Waals surface area contributed by atoms with Gasteiger partial charge in [0.05, 0.1) is 5.69 Å². The zero-order valence-corrected chi connectivity index (χ0v) is 33.7. The van der Waals surface area contributed by atoms with Crippen molar-refractivity contribution in [3.8, 4) is 0 Å². The number of allylic oxidation sites excluding steroid dienone is 3. The maximum Gasteiger partial charge on any atom is 0.322 e. The number of Topliss-reactive ketones (excluding diaryl/α,β-unsaturated/α-hetero) is 1. The van der Waals surface area contributed by atoms with Gasteiger partial charge in [0.15, 0.2) is 5.78 Å². The summed E-state index contributed by atoms with van der Waals surface area (Å²) in [6, 6.07) is 0. The van der Waals surface area contributed by atoms with Crippen LogP contribution in [0.1, 0.15) is 128 Å². The number of nitrogens with one attached hydrogen (secondary N) is 4. The molecule has 1 fully saturated rings. The molecule has 0 spiro atoms. The highest BCUT2D eigenvalue weighted by molar-refractivity contribution is 6.24. The number of fused-ring (bicyclic) bond motifs is 7. The molecular formula is C45H57N5O5. The number of H-pyrrole nitrogens is 3. The summed E-state index contributed by atoms with van der Waals surface area (Å²) < 4.78 is 11.0. The number of esters is 2. The average molecular weight is 748 g/mol. The second-order valence-corrected chi connectivity index (χ2v) is 15.7. The van der Waals surface area contributed by atoms with Gasteiger partial charge in [0.25, 0.3) is 0 Å². The van der Waals surface area contributed by atoms with Gasteiger partial charge in [-0.3, -0.25) is 20.1 Å². The van der Waals surface area contributed by atoms with E-state index in [1.165, 1.54) is 11.1 Å². The van der Waals surface area contributed by atoms with Crippen LogP contribution in [0, 0.1) is 44.4 Å². The predicted octanol–water partition coefficient (Wildman–Crippen LogP) is 6.75. The maximum atomic E-state index is 14.4. The Morgan fingerprint density at radius 1 is 0.964 bits per heavy atom. The standard InChI is InChI=1S/C45H57N5O5/c1-10-29-25(6)32-19-34-27(8)31(15-16-38(51)54-18-17-24(5)14-12-13-23(3)4)42(49-34)40-41(45(53)55-22-46)44(52)39-28(9)35(50-43(39)40)21-37-30(11-2)26(7)33(48-37)20-36(29)47-32/h10,17,19-21,23,27,31,41,47-50H,1,11-16,18,22,46H2,2-9H3/b24-17-,33-20-,34-19-,37-21-,42-40-/t27-,31-,41+/m0/s1. The van der Waals surface area contributed by atoms with E-state index in [0.717, 1.165) is 81.4 Å². The molecule has 1 aliphatic carbocycles. The lowest BCUT2D eigenvalue weighted by Crippen LogP contribution is -2.27. The van der Waals surface area contributed by atoms with Crippen molar-refractivity contribution in [2.24, 2.45) is 29.4 Å². The van der Waals surface area contributed by atoms with Crippen LogP contribution in [0.15, 0.2) is 29.6 Å². The molecule has 10 heteroatoms. The van der Waals surface area contributed by atoms with Crippen LogP contribution in [0.5, 0.6) is 0 Å². The molecule has 5 heterocycles. The van der Waals surface area contributed by atoms with Crippen molar-refractivity contribution in [3.05, 3.63) is 96.5 Å². The van der Waals surface area contributed by atoms with Gasteiger partial charge in [-0.25, -0.2) is 0 Å². The van der Waals surface area contributed by atoms with E-state index in [-0.39, 0.29) is 43.3 Å². The largest absolute Gasteiger partial charge is 0.461 e. The Kier molecular flexibility index (Phi) is 11.8. The Morgan fingerprint density at radius 3 is 2.38 bits per heavy atom. The topological polar surface area (TPSA) is 155 Å². The van der Waals surface area contributed by atoms with Gasteiger partial charge in [0.1, 0.15) is 19.3 Å². The summed E-state index contributed by atoms with van der Waals surface area (Å²) >= 11 is 0.